The quantitative estimate of drug-likeness (QED) is 0.244. The molecule has 0 radical (unpaired) electrons. The fourth-order valence-corrected chi connectivity index (χ4v) is 5.12. The van der Waals surface area contributed by atoms with Crippen molar-refractivity contribution in [3.63, 3.8) is 0 Å². The first-order valence-electron chi connectivity index (χ1n) is 12.0. The summed E-state index contributed by atoms with van der Waals surface area (Å²) >= 11 is 0. The Bertz CT molecular complexity index is 1280. The Balaban J connectivity index is 1.25. The number of hydrazine groups is 1. The minimum atomic E-state index is -1.13. The summed E-state index contributed by atoms with van der Waals surface area (Å²) < 4.78 is 15.1. The summed E-state index contributed by atoms with van der Waals surface area (Å²) in [5.41, 5.74) is 15.0. The van der Waals surface area contributed by atoms with Gasteiger partial charge in [-0.1, -0.05) is 6.07 Å². The van der Waals surface area contributed by atoms with E-state index in [0.717, 1.165) is 16.9 Å². The second-order valence-corrected chi connectivity index (χ2v) is 9.63. The van der Waals surface area contributed by atoms with E-state index < -0.39 is 6.17 Å². The van der Waals surface area contributed by atoms with Crippen LogP contribution in [0.2, 0.25) is 0 Å². The second kappa shape index (κ2) is 9.71. The van der Waals surface area contributed by atoms with E-state index in [2.05, 4.69) is 52.7 Å². The number of fused-ring (bicyclic) bond motifs is 1. The van der Waals surface area contributed by atoms with Gasteiger partial charge in [0, 0.05) is 49.1 Å². The number of benzene rings is 2. The van der Waals surface area contributed by atoms with Crippen LogP contribution in [0.25, 0.3) is 0 Å². The van der Waals surface area contributed by atoms with E-state index in [1.165, 1.54) is 11.1 Å². The lowest BCUT2D eigenvalue weighted by atomic mass is 10.0. The van der Waals surface area contributed by atoms with Crippen LogP contribution in [0.5, 0.6) is 0 Å². The van der Waals surface area contributed by atoms with Crippen molar-refractivity contribution in [1.82, 2.24) is 19.8 Å². The maximum atomic E-state index is 15.1. The topological polar surface area (TPSA) is 125 Å². The van der Waals surface area contributed by atoms with Crippen LogP contribution in [-0.4, -0.2) is 57.5 Å². The number of likely N-dealkylation sites (tertiary alicyclic amines) is 1. The van der Waals surface area contributed by atoms with Crippen LogP contribution in [0.3, 0.4) is 0 Å². The highest BCUT2D eigenvalue weighted by molar-refractivity contribution is 5.96. The van der Waals surface area contributed by atoms with Gasteiger partial charge in [-0.15, -0.1) is 0 Å². The van der Waals surface area contributed by atoms with E-state index in [4.69, 9.17) is 16.6 Å². The first-order valence-corrected chi connectivity index (χ1v) is 12.0. The van der Waals surface area contributed by atoms with E-state index in [9.17, 15) is 4.79 Å². The number of rotatable bonds is 5. The summed E-state index contributed by atoms with van der Waals surface area (Å²) in [6.45, 7) is 5.71. The average Bonchev–Trinajstić information content (AvgIpc) is 3.24. The third-order valence-electron chi connectivity index (χ3n) is 6.87. The monoisotopic (exact) mass is 490 g/mol. The van der Waals surface area contributed by atoms with Crippen LogP contribution in [-0.2, 0) is 13.0 Å². The Kier molecular flexibility index (Phi) is 6.46. The summed E-state index contributed by atoms with van der Waals surface area (Å²) in [6.07, 6.45) is 1.38. The Hall–Kier alpha value is -3.76. The molecule has 2 atom stereocenters. The largest absolute Gasteiger partial charge is 0.397 e. The van der Waals surface area contributed by atoms with Crippen LogP contribution in [0.1, 0.15) is 32.7 Å². The van der Waals surface area contributed by atoms with Gasteiger partial charge in [-0.3, -0.25) is 15.5 Å². The van der Waals surface area contributed by atoms with Crippen molar-refractivity contribution in [2.45, 2.75) is 39.0 Å². The molecule has 1 fully saturated rings. The molecular formula is C26H31FN8O. The first kappa shape index (κ1) is 24.0. The van der Waals surface area contributed by atoms with E-state index in [-0.39, 0.29) is 18.5 Å². The number of nitrogens with one attached hydrogen (secondary N) is 2. The van der Waals surface area contributed by atoms with Gasteiger partial charge >= 0.3 is 0 Å². The number of anilines is 4. The number of alkyl halides is 1. The number of nitrogen functional groups attached to an aromatic ring is 2. The number of nitrogens with zero attached hydrogens (tertiary/aromatic N) is 4. The Morgan fingerprint density at radius 3 is 2.64 bits per heavy atom. The Labute approximate surface area is 209 Å². The molecule has 9 nitrogen and oxygen atoms in total. The maximum absolute atomic E-state index is 15.1. The molecule has 3 aromatic rings. The molecule has 2 aliphatic rings. The molecule has 0 aliphatic carbocycles. The standard InChI is InChI=1S/C26H31FN8O/c1-15-7-16(2)9-19(8-15)31-26-30-11-18-12-34(6-5-22(18)32-26)24-14-35(13-20(24)27)25(36)17-3-4-23(33-29)21(28)10-17/h3-4,7-11,20,24,33H,5-6,12-14,28-29H2,1-2H3,(H,30,31,32). The zero-order chi connectivity index (χ0) is 25.4. The van der Waals surface area contributed by atoms with Crippen molar-refractivity contribution in [3.8, 4) is 0 Å². The number of halogens is 1. The molecule has 0 bridgehead atoms. The van der Waals surface area contributed by atoms with Crippen molar-refractivity contribution in [1.29, 1.82) is 0 Å². The molecule has 6 N–H and O–H groups in total. The van der Waals surface area contributed by atoms with Crippen molar-refractivity contribution in [2.24, 2.45) is 5.84 Å². The SMILES string of the molecule is Cc1cc(C)cc(Nc2ncc3c(n2)CCN(C2CN(C(=O)c4ccc(NN)c(N)c4)CC2F)C3)c1. The van der Waals surface area contributed by atoms with Crippen molar-refractivity contribution < 1.29 is 9.18 Å². The summed E-state index contributed by atoms with van der Waals surface area (Å²) in [4.78, 5) is 25.9. The molecule has 1 aromatic heterocycles. The van der Waals surface area contributed by atoms with E-state index >= 15 is 4.39 Å². The average molecular weight is 491 g/mol. The molecule has 1 amide bonds. The molecule has 1 saturated heterocycles. The van der Waals surface area contributed by atoms with Gasteiger partial charge in [0.15, 0.2) is 0 Å². The van der Waals surface area contributed by atoms with Gasteiger partial charge in [-0.05, 0) is 55.3 Å². The van der Waals surface area contributed by atoms with Gasteiger partial charge in [-0.25, -0.2) is 14.4 Å². The molecule has 188 valence electrons. The number of aromatic nitrogens is 2. The molecule has 2 unspecified atom stereocenters. The molecule has 2 aromatic carbocycles. The van der Waals surface area contributed by atoms with Crippen molar-refractivity contribution in [2.75, 3.05) is 36.1 Å². The molecule has 36 heavy (non-hydrogen) atoms. The van der Waals surface area contributed by atoms with Crippen molar-refractivity contribution >= 4 is 28.9 Å². The molecule has 0 saturated carbocycles. The highest BCUT2D eigenvalue weighted by Crippen LogP contribution is 2.28. The normalized spacial score (nSPS) is 19.7. The number of aryl methyl sites for hydroxylation is 2. The molecule has 5 rings (SSSR count). The molecule has 3 heterocycles. The lowest BCUT2D eigenvalue weighted by molar-refractivity contribution is 0.0773. The second-order valence-electron chi connectivity index (χ2n) is 9.63. The fourth-order valence-electron chi connectivity index (χ4n) is 5.12. The molecular weight excluding hydrogens is 459 g/mol. The van der Waals surface area contributed by atoms with Gasteiger partial charge in [0.25, 0.3) is 5.91 Å². The predicted octanol–water partition coefficient (Wildman–Crippen LogP) is 2.93. The van der Waals surface area contributed by atoms with Gasteiger partial charge in [0.1, 0.15) is 6.17 Å². The lowest BCUT2D eigenvalue weighted by Crippen LogP contribution is -2.45. The smallest absolute Gasteiger partial charge is 0.254 e. The highest BCUT2D eigenvalue weighted by atomic mass is 19.1. The number of nitrogens with two attached hydrogens (primary N) is 2. The zero-order valence-electron chi connectivity index (χ0n) is 20.5. The van der Waals surface area contributed by atoms with E-state index in [1.807, 2.05) is 6.20 Å². The van der Waals surface area contributed by atoms with Crippen LogP contribution < -0.4 is 22.3 Å². The van der Waals surface area contributed by atoms with Gasteiger partial charge in [0.05, 0.1) is 29.7 Å². The number of amides is 1. The summed E-state index contributed by atoms with van der Waals surface area (Å²) in [7, 11) is 0. The van der Waals surface area contributed by atoms with Gasteiger partial charge < -0.3 is 21.4 Å². The third kappa shape index (κ3) is 4.82. The number of hydrogen-bond donors (Lipinski definition) is 4. The summed E-state index contributed by atoms with van der Waals surface area (Å²) in [5, 5.41) is 3.29. The van der Waals surface area contributed by atoms with Crippen LogP contribution in [0, 0.1) is 13.8 Å². The van der Waals surface area contributed by atoms with Crippen molar-refractivity contribution in [3.05, 3.63) is 70.5 Å². The number of hydrogen-bond acceptors (Lipinski definition) is 8. The van der Waals surface area contributed by atoms with Crippen LogP contribution in [0.4, 0.5) is 27.4 Å². The highest BCUT2D eigenvalue weighted by Gasteiger charge is 2.40. The van der Waals surface area contributed by atoms with E-state index in [1.54, 1.807) is 23.1 Å². The lowest BCUT2D eigenvalue weighted by Gasteiger charge is -2.33. The fraction of sp³-hybridized carbons (Fsp3) is 0.346. The Morgan fingerprint density at radius 1 is 1.14 bits per heavy atom. The third-order valence-corrected chi connectivity index (χ3v) is 6.87. The summed E-state index contributed by atoms with van der Waals surface area (Å²) in [5.74, 6) is 5.73. The minimum absolute atomic E-state index is 0.0545. The number of carbonyl (C=O) groups excluding carboxylic acids is 1. The first-order chi connectivity index (χ1) is 17.3. The molecule has 0 spiro atoms. The predicted molar refractivity (Wildman–Crippen MR) is 139 cm³/mol. The minimum Gasteiger partial charge on any atom is -0.397 e. The maximum Gasteiger partial charge on any atom is 0.254 e. The molecule has 10 heteroatoms. The van der Waals surface area contributed by atoms with Crippen LogP contribution in [0.15, 0.2) is 42.6 Å². The van der Waals surface area contributed by atoms with Gasteiger partial charge in [-0.2, -0.15) is 0 Å². The summed E-state index contributed by atoms with van der Waals surface area (Å²) in [6, 6.07) is 10.7. The molecule has 2 aliphatic heterocycles. The zero-order valence-corrected chi connectivity index (χ0v) is 20.5. The van der Waals surface area contributed by atoms with E-state index in [0.29, 0.717) is 48.9 Å². The van der Waals surface area contributed by atoms with Crippen LogP contribution >= 0.6 is 0 Å². The van der Waals surface area contributed by atoms with Gasteiger partial charge in [0.2, 0.25) is 5.95 Å². The number of carbonyl (C=O) groups is 1. The Morgan fingerprint density at radius 2 is 1.92 bits per heavy atom.